The number of anilines is 1. The molecule has 0 radical (unpaired) electrons. The number of ether oxygens (including phenoxy) is 1. The van der Waals surface area contributed by atoms with Crippen molar-refractivity contribution < 1.29 is 31.5 Å². The molecule has 30 heavy (non-hydrogen) atoms. The van der Waals surface area contributed by atoms with Gasteiger partial charge in [0.1, 0.15) is 23.5 Å². The van der Waals surface area contributed by atoms with Crippen molar-refractivity contribution >= 4 is 11.6 Å². The van der Waals surface area contributed by atoms with E-state index in [0.717, 1.165) is 12.1 Å². The highest BCUT2D eigenvalue weighted by atomic mass is 19.4. The molecule has 1 fully saturated rings. The van der Waals surface area contributed by atoms with E-state index in [2.05, 4.69) is 0 Å². The van der Waals surface area contributed by atoms with Crippen LogP contribution in [-0.4, -0.2) is 24.7 Å². The molecular formula is C20H14F5N3O2. The third-order valence-electron chi connectivity index (χ3n) is 5.21. The highest BCUT2D eigenvalue weighted by Crippen LogP contribution is 2.49. The van der Waals surface area contributed by atoms with Crippen molar-refractivity contribution in [1.29, 1.82) is 5.26 Å². The number of nitriles is 1. The molecule has 0 saturated carbocycles. The molecular weight excluding hydrogens is 409 g/mol. The van der Waals surface area contributed by atoms with Crippen molar-refractivity contribution in [2.24, 2.45) is 0 Å². The largest absolute Gasteiger partial charge is 0.471 e. The molecule has 0 aromatic heterocycles. The summed E-state index contributed by atoms with van der Waals surface area (Å²) in [7, 11) is 0. The fraction of sp³-hybridized carbons (Fsp3) is 0.300. The van der Waals surface area contributed by atoms with Crippen LogP contribution in [0.25, 0.3) is 0 Å². The first kappa shape index (κ1) is 19.9. The fourth-order valence-corrected chi connectivity index (χ4v) is 3.97. The normalized spacial score (nSPS) is 20.1. The van der Waals surface area contributed by atoms with E-state index in [9.17, 15) is 32.0 Å². The molecule has 2 aromatic carbocycles. The Morgan fingerprint density at radius 3 is 2.67 bits per heavy atom. The molecule has 2 heterocycles. The zero-order valence-electron chi connectivity index (χ0n) is 15.3. The molecule has 2 aliphatic heterocycles. The number of nitrogens with one attached hydrogen (secondary N) is 1. The lowest BCUT2D eigenvalue weighted by atomic mass is 9.89. The second-order valence-corrected chi connectivity index (χ2v) is 7.02. The highest BCUT2D eigenvalue weighted by Gasteiger charge is 2.45. The van der Waals surface area contributed by atoms with Crippen LogP contribution in [0.4, 0.5) is 27.6 Å². The minimum absolute atomic E-state index is 0.000940. The Morgan fingerprint density at radius 2 is 1.97 bits per heavy atom. The van der Waals surface area contributed by atoms with Crippen LogP contribution in [0.5, 0.6) is 11.5 Å². The molecule has 0 bridgehead atoms. The van der Waals surface area contributed by atoms with Crippen LogP contribution in [0.3, 0.4) is 0 Å². The van der Waals surface area contributed by atoms with Gasteiger partial charge in [-0.1, -0.05) is 6.07 Å². The molecule has 5 nitrogen and oxygen atoms in total. The number of carbonyl (C=O) groups is 1. The van der Waals surface area contributed by atoms with Crippen molar-refractivity contribution in [3.63, 3.8) is 0 Å². The van der Waals surface area contributed by atoms with Gasteiger partial charge in [0.2, 0.25) is 0 Å². The van der Waals surface area contributed by atoms with E-state index in [-0.39, 0.29) is 41.3 Å². The number of alkyl halides is 3. The third-order valence-corrected chi connectivity index (χ3v) is 5.21. The van der Waals surface area contributed by atoms with Crippen molar-refractivity contribution in [2.45, 2.75) is 31.1 Å². The second kappa shape index (κ2) is 7.16. The summed E-state index contributed by atoms with van der Waals surface area (Å²) in [6.45, 7) is 0.281. The second-order valence-electron chi connectivity index (χ2n) is 7.02. The van der Waals surface area contributed by atoms with Crippen molar-refractivity contribution in [2.75, 3.05) is 11.4 Å². The van der Waals surface area contributed by atoms with E-state index in [0.29, 0.717) is 6.42 Å². The number of hydrogen-bond donors (Lipinski definition) is 1. The van der Waals surface area contributed by atoms with Crippen LogP contribution in [0.2, 0.25) is 0 Å². The van der Waals surface area contributed by atoms with Gasteiger partial charge >= 0.3 is 12.1 Å². The Bertz CT molecular complexity index is 1060. The summed E-state index contributed by atoms with van der Waals surface area (Å²) < 4.78 is 73.3. The first-order valence-corrected chi connectivity index (χ1v) is 9.05. The van der Waals surface area contributed by atoms with Crippen LogP contribution < -0.4 is 15.0 Å². The molecule has 2 aliphatic rings. The summed E-state index contributed by atoms with van der Waals surface area (Å²) in [6, 6.07) is 5.69. The zero-order valence-corrected chi connectivity index (χ0v) is 15.3. The first-order valence-electron chi connectivity index (χ1n) is 9.05. The van der Waals surface area contributed by atoms with Crippen LogP contribution in [-0.2, 0) is 4.79 Å². The van der Waals surface area contributed by atoms with E-state index in [1.54, 1.807) is 11.0 Å². The van der Waals surface area contributed by atoms with Crippen molar-refractivity contribution in [1.82, 2.24) is 5.32 Å². The lowest BCUT2D eigenvalue weighted by molar-refractivity contribution is -0.174. The molecule has 0 unspecified atom stereocenters. The molecule has 2 atom stereocenters. The molecule has 1 N–H and O–H groups in total. The molecule has 156 valence electrons. The van der Waals surface area contributed by atoms with E-state index >= 15 is 0 Å². The van der Waals surface area contributed by atoms with Crippen LogP contribution in [0, 0.1) is 23.0 Å². The van der Waals surface area contributed by atoms with Gasteiger partial charge in [-0.3, -0.25) is 4.79 Å². The number of carbonyl (C=O) groups excluding carboxylic acids is 1. The lowest BCUT2D eigenvalue weighted by Gasteiger charge is -2.42. The van der Waals surface area contributed by atoms with Gasteiger partial charge in [-0.2, -0.15) is 18.4 Å². The number of nitrogens with zero attached hydrogens (tertiary/aromatic N) is 2. The van der Waals surface area contributed by atoms with Crippen molar-refractivity contribution in [3.8, 4) is 17.6 Å². The Kier molecular flexibility index (Phi) is 4.76. The summed E-state index contributed by atoms with van der Waals surface area (Å²) in [4.78, 5) is 13.2. The Labute approximate surface area is 167 Å². The first-order chi connectivity index (χ1) is 14.2. The van der Waals surface area contributed by atoms with Gasteiger partial charge in [0, 0.05) is 12.6 Å². The number of amides is 1. The summed E-state index contributed by atoms with van der Waals surface area (Å²) in [5.74, 6) is -3.70. The van der Waals surface area contributed by atoms with Gasteiger partial charge in [0.05, 0.1) is 28.9 Å². The fourth-order valence-electron chi connectivity index (χ4n) is 3.97. The molecule has 4 rings (SSSR count). The average Bonchev–Trinajstić information content (AvgIpc) is 2.82. The molecule has 1 amide bonds. The Hall–Kier alpha value is -3.35. The zero-order chi connectivity index (χ0) is 21.6. The maximum atomic E-state index is 14.8. The maximum Gasteiger partial charge on any atom is 0.471 e. The number of rotatable bonds is 1. The number of piperidine rings is 1. The maximum absolute atomic E-state index is 14.8. The minimum Gasteiger partial charge on any atom is -0.455 e. The van der Waals surface area contributed by atoms with Gasteiger partial charge in [0.15, 0.2) is 5.75 Å². The van der Waals surface area contributed by atoms with Crippen LogP contribution in [0.1, 0.15) is 30.0 Å². The summed E-state index contributed by atoms with van der Waals surface area (Å²) in [5, 5.41) is 11.1. The quantitative estimate of drug-likeness (QED) is 0.694. The van der Waals surface area contributed by atoms with E-state index in [1.165, 1.54) is 18.2 Å². The monoisotopic (exact) mass is 423 g/mol. The topological polar surface area (TPSA) is 65.4 Å². The SMILES string of the molecule is N#Cc1cc2c(cc1F)Oc1cccc(F)c1[C@H]1[C@H](NC(=O)C(F)(F)F)CCCN21. The van der Waals surface area contributed by atoms with Gasteiger partial charge in [-0.25, -0.2) is 8.78 Å². The molecule has 10 heteroatoms. The highest BCUT2D eigenvalue weighted by molar-refractivity contribution is 5.82. The number of hydrogen-bond acceptors (Lipinski definition) is 4. The molecule has 1 saturated heterocycles. The van der Waals surface area contributed by atoms with Gasteiger partial charge in [-0.15, -0.1) is 0 Å². The standard InChI is InChI=1S/C20H14F5N3O2/c21-11-3-1-5-15-17(11)18-13(27-19(29)20(23,24)25)4-2-6-28(18)14-7-10(9-26)12(22)8-16(14)30-15/h1,3,5,7-8,13,18H,2,4,6H2,(H,27,29)/t13-,18-/m1/s1. The average molecular weight is 423 g/mol. The van der Waals surface area contributed by atoms with Crippen LogP contribution in [0.15, 0.2) is 30.3 Å². The van der Waals surface area contributed by atoms with E-state index < -0.39 is 35.8 Å². The van der Waals surface area contributed by atoms with Gasteiger partial charge in [0.25, 0.3) is 0 Å². The molecule has 2 aromatic rings. The Morgan fingerprint density at radius 1 is 1.20 bits per heavy atom. The lowest BCUT2D eigenvalue weighted by Crippen LogP contribution is -2.53. The minimum atomic E-state index is -5.10. The summed E-state index contributed by atoms with van der Waals surface area (Å²) in [6.07, 6.45) is -4.56. The smallest absolute Gasteiger partial charge is 0.455 e. The third kappa shape index (κ3) is 3.30. The van der Waals surface area contributed by atoms with E-state index in [4.69, 9.17) is 4.74 Å². The van der Waals surface area contributed by atoms with Gasteiger partial charge in [-0.05, 0) is 31.0 Å². The molecule has 0 spiro atoms. The Balaban J connectivity index is 1.89. The van der Waals surface area contributed by atoms with Crippen molar-refractivity contribution in [3.05, 3.63) is 53.1 Å². The van der Waals surface area contributed by atoms with E-state index in [1.807, 2.05) is 5.32 Å². The number of halogens is 5. The predicted molar refractivity (Wildman–Crippen MR) is 94.9 cm³/mol. The molecule has 0 aliphatic carbocycles. The summed E-state index contributed by atoms with van der Waals surface area (Å²) in [5.41, 5.74) is -0.0942. The van der Waals surface area contributed by atoms with Crippen LogP contribution >= 0.6 is 0 Å². The number of fused-ring (bicyclic) bond motifs is 5. The van der Waals surface area contributed by atoms with Gasteiger partial charge < -0.3 is 15.0 Å². The predicted octanol–water partition coefficient (Wildman–Crippen LogP) is 4.33. The number of benzene rings is 2. The summed E-state index contributed by atoms with van der Waals surface area (Å²) >= 11 is 0.